The fourth-order valence-electron chi connectivity index (χ4n) is 2.92. The van der Waals surface area contributed by atoms with Crippen molar-refractivity contribution in [2.24, 2.45) is 11.3 Å². The van der Waals surface area contributed by atoms with Crippen molar-refractivity contribution in [2.75, 3.05) is 12.3 Å². The Morgan fingerprint density at radius 1 is 1.46 bits per heavy atom. The second kappa shape index (κ2) is 5.74. The second-order valence-corrected chi connectivity index (χ2v) is 8.40. The lowest BCUT2D eigenvalue weighted by Crippen LogP contribution is -2.36. The number of sulfonamides is 1. The van der Waals surface area contributed by atoms with E-state index in [-0.39, 0.29) is 18.2 Å². The zero-order chi connectivity index (χ0) is 17.6. The van der Waals surface area contributed by atoms with E-state index in [0.717, 1.165) is 6.20 Å². The highest BCUT2D eigenvalue weighted by Gasteiger charge is 2.47. The summed E-state index contributed by atoms with van der Waals surface area (Å²) in [6.45, 7) is 0.452. The number of fused-ring (bicyclic) bond motifs is 1. The summed E-state index contributed by atoms with van der Waals surface area (Å²) >= 11 is 0. The van der Waals surface area contributed by atoms with Gasteiger partial charge in [0.25, 0.3) is 0 Å². The first-order chi connectivity index (χ1) is 11.1. The molecule has 0 saturated heterocycles. The first kappa shape index (κ1) is 17.2. The van der Waals surface area contributed by atoms with E-state index >= 15 is 0 Å². The van der Waals surface area contributed by atoms with Gasteiger partial charge in [-0.3, -0.25) is 0 Å². The molecule has 10 heteroatoms. The van der Waals surface area contributed by atoms with Gasteiger partial charge in [0.1, 0.15) is 5.82 Å². The van der Waals surface area contributed by atoms with Gasteiger partial charge in [-0.15, -0.1) is 0 Å². The number of alkyl halides is 3. The number of imidazole rings is 1. The maximum atomic E-state index is 12.7. The Kier molecular flexibility index (Phi) is 4.12. The monoisotopic (exact) mass is 362 g/mol. The summed E-state index contributed by atoms with van der Waals surface area (Å²) in [4.78, 5) is 3.60. The molecule has 1 N–H and O–H groups in total. The fraction of sp³-hybridized carbons (Fsp3) is 0.714. The van der Waals surface area contributed by atoms with Gasteiger partial charge in [0.15, 0.2) is 5.69 Å². The van der Waals surface area contributed by atoms with Gasteiger partial charge in [-0.1, -0.05) is 0 Å². The molecule has 0 aromatic carbocycles. The second-order valence-electron chi connectivity index (χ2n) is 6.60. The molecule has 3 rings (SSSR count). The molecule has 1 aromatic rings. The number of halogens is 3. The Hall–Kier alpha value is -1.60. The van der Waals surface area contributed by atoms with Crippen LogP contribution in [0.1, 0.15) is 30.8 Å². The number of aromatic nitrogens is 2. The summed E-state index contributed by atoms with van der Waals surface area (Å²) in [5.74, 6) is 0.0697. The molecule has 0 spiro atoms. The largest absolute Gasteiger partial charge is 0.434 e. The zero-order valence-corrected chi connectivity index (χ0v) is 13.6. The smallest absolute Gasteiger partial charge is 0.334 e. The van der Waals surface area contributed by atoms with Gasteiger partial charge in [0, 0.05) is 25.7 Å². The highest BCUT2D eigenvalue weighted by Crippen LogP contribution is 2.45. The molecule has 2 aliphatic rings. The van der Waals surface area contributed by atoms with Crippen molar-refractivity contribution < 1.29 is 21.6 Å². The average Bonchev–Trinajstić information content (AvgIpc) is 3.10. The number of aryl methyl sites for hydroxylation is 1. The number of nitrogens with one attached hydrogen (secondary N) is 1. The predicted molar refractivity (Wildman–Crippen MR) is 78.1 cm³/mol. The number of nitriles is 1. The van der Waals surface area contributed by atoms with Crippen molar-refractivity contribution in [3.05, 3.63) is 17.7 Å². The summed E-state index contributed by atoms with van der Waals surface area (Å²) in [5.41, 5.74) is -1.67. The van der Waals surface area contributed by atoms with Crippen molar-refractivity contribution >= 4 is 10.0 Å². The van der Waals surface area contributed by atoms with Gasteiger partial charge in [-0.2, -0.15) is 18.4 Å². The molecule has 24 heavy (non-hydrogen) atoms. The van der Waals surface area contributed by atoms with Crippen LogP contribution in [0.3, 0.4) is 0 Å². The molecule has 0 bridgehead atoms. The van der Waals surface area contributed by atoms with Crippen LogP contribution in [0.25, 0.3) is 0 Å². The first-order valence-electron chi connectivity index (χ1n) is 7.64. The van der Waals surface area contributed by atoms with E-state index in [0.29, 0.717) is 38.1 Å². The summed E-state index contributed by atoms with van der Waals surface area (Å²) in [5, 5.41) is 8.97. The van der Waals surface area contributed by atoms with E-state index in [4.69, 9.17) is 5.26 Å². The molecule has 0 amide bonds. The van der Waals surface area contributed by atoms with Crippen LogP contribution in [0.4, 0.5) is 13.2 Å². The molecule has 1 aliphatic heterocycles. The van der Waals surface area contributed by atoms with Crippen LogP contribution in [0.5, 0.6) is 0 Å². The SMILES string of the molecule is N#CC1(CS(=O)(=O)NC[C@@H]2CCc3nc(C(F)(F)F)cn3C2)CC1. The summed E-state index contributed by atoms with van der Waals surface area (Å²) in [6, 6.07) is 2.04. The molecule has 1 saturated carbocycles. The van der Waals surface area contributed by atoms with Gasteiger partial charge in [0.05, 0.1) is 17.2 Å². The Morgan fingerprint density at radius 3 is 2.75 bits per heavy atom. The molecular formula is C14H17F3N4O2S. The van der Waals surface area contributed by atoms with Crippen LogP contribution in [-0.4, -0.2) is 30.3 Å². The molecule has 2 heterocycles. The van der Waals surface area contributed by atoms with Gasteiger partial charge < -0.3 is 4.57 Å². The average molecular weight is 362 g/mol. The van der Waals surface area contributed by atoms with Crippen molar-refractivity contribution in [1.29, 1.82) is 5.26 Å². The third-order valence-electron chi connectivity index (χ3n) is 4.53. The molecule has 6 nitrogen and oxygen atoms in total. The van der Waals surface area contributed by atoms with Gasteiger partial charge in [-0.05, 0) is 25.2 Å². The summed E-state index contributed by atoms with van der Waals surface area (Å²) in [6.07, 6.45) is -1.37. The lowest BCUT2D eigenvalue weighted by atomic mass is 10.00. The predicted octanol–water partition coefficient (Wildman–Crippen LogP) is 1.69. The molecule has 1 aromatic heterocycles. The number of hydrogen-bond acceptors (Lipinski definition) is 4. The van der Waals surface area contributed by atoms with Crippen molar-refractivity contribution in [3.8, 4) is 6.07 Å². The maximum absolute atomic E-state index is 12.7. The van der Waals surface area contributed by atoms with Crippen LogP contribution >= 0.6 is 0 Å². The van der Waals surface area contributed by atoms with Gasteiger partial charge in [-0.25, -0.2) is 18.1 Å². The van der Waals surface area contributed by atoms with E-state index in [1.807, 2.05) is 6.07 Å². The normalized spacial score (nSPS) is 22.7. The minimum absolute atomic E-state index is 0.0974. The molecule has 1 atom stereocenters. The maximum Gasteiger partial charge on any atom is 0.434 e. The van der Waals surface area contributed by atoms with E-state index in [2.05, 4.69) is 9.71 Å². The number of hydrogen-bond donors (Lipinski definition) is 1. The molecule has 0 radical (unpaired) electrons. The molecule has 1 fully saturated rings. The Balaban J connectivity index is 1.58. The van der Waals surface area contributed by atoms with Crippen molar-refractivity contribution in [3.63, 3.8) is 0 Å². The van der Waals surface area contributed by atoms with E-state index in [1.54, 1.807) is 0 Å². The van der Waals surface area contributed by atoms with Gasteiger partial charge >= 0.3 is 6.18 Å². The highest BCUT2D eigenvalue weighted by molar-refractivity contribution is 7.89. The van der Waals surface area contributed by atoms with Crippen LogP contribution < -0.4 is 4.72 Å². The zero-order valence-electron chi connectivity index (χ0n) is 12.8. The van der Waals surface area contributed by atoms with Crippen LogP contribution in [-0.2, 0) is 29.2 Å². The highest BCUT2D eigenvalue weighted by atomic mass is 32.2. The standard InChI is InChI=1S/C14H17F3N4O2S/c15-14(16,17)11-7-21-6-10(1-2-12(21)20-11)5-19-24(22,23)9-13(8-18)3-4-13/h7,10,19H,1-6,9H2/t10-/m0/s1. The number of rotatable bonds is 5. The van der Waals surface area contributed by atoms with Crippen LogP contribution in [0, 0.1) is 22.7 Å². The lowest BCUT2D eigenvalue weighted by Gasteiger charge is -2.24. The Morgan fingerprint density at radius 2 is 2.17 bits per heavy atom. The van der Waals surface area contributed by atoms with Crippen LogP contribution in [0.15, 0.2) is 6.20 Å². The summed E-state index contributed by atoms with van der Waals surface area (Å²) in [7, 11) is -3.56. The van der Waals surface area contributed by atoms with E-state index in [1.165, 1.54) is 4.57 Å². The minimum Gasteiger partial charge on any atom is -0.334 e. The van der Waals surface area contributed by atoms with E-state index in [9.17, 15) is 21.6 Å². The fourth-order valence-corrected chi connectivity index (χ4v) is 4.59. The number of nitrogens with zero attached hydrogens (tertiary/aromatic N) is 3. The lowest BCUT2D eigenvalue weighted by molar-refractivity contribution is -0.141. The van der Waals surface area contributed by atoms with Crippen LogP contribution in [0.2, 0.25) is 0 Å². The Bertz CT molecular complexity index is 775. The summed E-state index contributed by atoms with van der Waals surface area (Å²) < 4.78 is 66.1. The third-order valence-corrected chi connectivity index (χ3v) is 6.07. The third kappa shape index (κ3) is 3.72. The molecule has 0 unspecified atom stereocenters. The Labute approximate surface area is 137 Å². The van der Waals surface area contributed by atoms with E-state index < -0.39 is 27.3 Å². The molecular weight excluding hydrogens is 345 g/mol. The first-order valence-corrected chi connectivity index (χ1v) is 9.30. The van der Waals surface area contributed by atoms with Crippen molar-refractivity contribution in [1.82, 2.24) is 14.3 Å². The molecule has 132 valence electrons. The minimum atomic E-state index is -4.47. The van der Waals surface area contributed by atoms with Crippen molar-refractivity contribution in [2.45, 2.75) is 38.4 Å². The molecule has 1 aliphatic carbocycles. The topological polar surface area (TPSA) is 87.8 Å². The van der Waals surface area contributed by atoms with Gasteiger partial charge in [0.2, 0.25) is 10.0 Å². The quantitative estimate of drug-likeness (QED) is 0.863.